The number of amides is 2. The summed E-state index contributed by atoms with van der Waals surface area (Å²) in [4.78, 5) is 14.5. The van der Waals surface area contributed by atoms with Gasteiger partial charge in [0.15, 0.2) is 5.75 Å². The Labute approximate surface area is 154 Å². The predicted octanol–water partition coefficient (Wildman–Crippen LogP) is 3.24. The number of aryl methyl sites for hydroxylation is 1. The molecule has 6 heteroatoms. The van der Waals surface area contributed by atoms with E-state index in [9.17, 15) is 4.79 Å². The zero-order valence-electron chi connectivity index (χ0n) is 15.0. The molecule has 1 aliphatic rings. The third kappa shape index (κ3) is 5.47. The molecule has 0 unspecified atom stereocenters. The van der Waals surface area contributed by atoms with E-state index in [1.807, 2.05) is 55.5 Å². The van der Waals surface area contributed by atoms with Crippen LogP contribution in [0.2, 0.25) is 0 Å². The minimum atomic E-state index is -0.237. The zero-order chi connectivity index (χ0) is 18.2. The molecule has 138 valence electrons. The largest absolute Gasteiger partial charge is 0.455 e. The lowest BCUT2D eigenvalue weighted by molar-refractivity contribution is 0.0388. The SMILES string of the molecule is Cc1cccc(Oc2ccccc2NC(=O)NCCN2CCOCC2)c1. The maximum absolute atomic E-state index is 12.2. The van der Waals surface area contributed by atoms with Crippen molar-refractivity contribution < 1.29 is 14.3 Å². The number of ether oxygens (including phenoxy) is 2. The molecular weight excluding hydrogens is 330 g/mol. The van der Waals surface area contributed by atoms with Crippen LogP contribution >= 0.6 is 0 Å². The Morgan fingerprint density at radius 2 is 1.96 bits per heavy atom. The van der Waals surface area contributed by atoms with Gasteiger partial charge in [0.05, 0.1) is 18.9 Å². The van der Waals surface area contributed by atoms with Gasteiger partial charge in [0.25, 0.3) is 0 Å². The van der Waals surface area contributed by atoms with Crippen molar-refractivity contribution in [2.45, 2.75) is 6.92 Å². The maximum Gasteiger partial charge on any atom is 0.319 e. The zero-order valence-corrected chi connectivity index (χ0v) is 15.0. The van der Waals surface area contributed by atoms with E-state index in [-0.39, 0.29) is 6.03 Å². The van der Waals surface area contributed by atoms with Gasteiger partial charge in [-0.2, -0.15) is 0 Å². The van der Waals surface area contributed by atoms with Gasteiger partial charge in [-0.1, -0.05) is 24.3 Å². The molecule has 0 saturated carbocycles. The van der Waals surface area contributed by atoms with Gasteiger partial charge in [0.1, 0.15) is 5.75 Å². The Morgan fingerprint density at radius 3 is 2.77 bits per heavy atom. The normalized spacial score (nSPS) is 14.7. The van der Waals surface area contributed by atoms with Gasteiger partial charge in [-0.05, 0) is 36.8 Å². The van der Waals surface area contributed by atoms with Gasteiger partial charge >= 0.3 is 6.03 Å². The van der Waals surface area contributed by atoms with E-state index in [0.717, 1.165) is 44.2 Å². The van der Waals surface area contributed by atoms with Crippen molar-refractivity contribution in [2.24, 2.45) is 0 Å². The first-order chi connectivity index (χ1) is 12.7. The molecule has 1 fully saturated rings. The van der Waals surface area contributed by atoms with Crippen molar-refractivity contribution in [2.75, 3.05) is 44.7 Å². The number of nitrogens with one attached hydrogen (secondary N) is 2. The van der Waals surface area contributed by atoms with E-state index in [1.165, 1.54) is 0 Å². The number of nitrogens with zero attached hydrogens (tertiary/aromatic N) is 1. The summed E-state index contributed by atoms with van der Waals surface area (Å²) < 4.78 is 11.2. The molecule has 1 saturated heterocycles. The van der Waals surface area contributed by atoms with Crippen molar-refractivity contribution in [1.29, 1.82) is 0 Å². The first kappa shape index (κ1) is 18.2. The molecule has 3 rings (SSSR count). The number of anilines is 1. The summed E-state index contributed by atoms with van der Waals surface area (Å²) in [7, 11) is 0. The van der Waals surface area contributed by atoms with Crippen molar-refractivity contribution in [1.82, 2.24) is 10.2 Å². The highest BCUT2D eigenvalue weighted by Gasteiger charge is 2.11. The molecular formula is C20H25N3O3. The van der Waals surface area contributed by atoms with Crippen LogP contribution < -0.4 is 15.4 Å². The van der Waals surface area contributed by atoms with Gasteiger partial charge in [-0.3, -0.25) is 4.90 Å². The van der Waals surface area contributed by atoms with E-state index >= 15 is 0 Å². The van der Waals surface area contributed by atoms with Crippen LogP contribution in [0.15, 0.2) is 48.5 Å². The first-order valence-electron chi connectivity index (χ1n) is 8.89. The Morgan fingerprint density at radius 1 is 1.15 bits per heavy atom. The molecule has 2 aromatic rings. The lowest BCUT2D eigenvalue weighted by atomic mass is 10.2. The van der Waals surface area contributed by atoms with Crippen LogP contribution in [0, 0.1) is 6.92 Å². The van der Waals surface area contributed by atoms with Gasteiger partial charge < -0.3 is 20.1 Å². The molecule has 2 N–H and O–H groups in total. The monoisotopic (exact) mass is 355 g/mol. The number of hydrogen-bond donors (Lipinski definition) is 2. The second kappa shape index (κ2) is 9.22. The summed E-state index contributed by atoms with van der Waals surface area (Å²) in [5.74, 6) is 1.36. The third-order valence-corrected chi connectivity index (χ3v) is 4.17. The summed E-state index contributed by atoms with van der Waals surface area (Å²) in [5, 5.41) is 5.76. The molecule has 0 bridgehead atoms. The number of morpholine rings is 1. The molecule has 1 heterocycles. The lowest BCUT2D eigenvalue weighted by Gasteiger charge is -2.26. The highest BCUT2D eigenvalue weighted by Crippen LogP contribution is 2.29. The van der Waals surface area contributed by atoms with Gasteiger partial charge in [-0.25, -0.2) is 4.79 Å². The molecule has 0 atom stereocenters. The second-order valence-corrected chi connectivity index (χ2v) is 6.25. The Hall–Kier alpha value is -2.57. The molecule has 0 spiro atoms. The number of benzene rings is 2. The van der Waals surface area contributed by atoms with Crippen LogP contribution in [0.5, 0.6) is 11.5 Å². The van der Waals surface area contributed by atoms with Crippen molar-refractivity contribution in [3.63, 3.8) is 0 Å². The van der Waals surface area contributed by atoms with E-state index in [0.29, 0.717) is 18.0 Å². The molecule has 0 aromatic heterocycles. The van der Waals surface area contributed by atoms with Gasteiger partial charge in [0, 0.05) is 26.2 Å². The van der Waals surface area contributed by atoms with Crippen LogP contribution in [-0.2, 0) is 4.74 Å². The van der Waals surface area contributed by atoms with Crippen molar-refractivity contribution in [3.8, 4) is 11.5 Å². The van der Waals surface area contributed by atoms with Crippen LogP contribution in [0.4, 0.5) is 10.5 Å². The van der Waals surface area contributed by atoms with Crippen molar-refractivity contribution in [3.05, 3.63) is 54.1 Å². The standard InChI is InChI=1S/C20H25N3O3/c1-16-5-4-6-17(15-16)26-19-8-3-2-7-18(19)22-20(24)21-9-10-23-11-13-25-14-12-23/h2-8,15H,9-14H2,1H3,(H2,21,22,24). The summed E-state index contributed by atoms with van der Waals surface area (Å²) in [5.41, 5.74) is 1.76. The smallest absolute Gasteiger partial charge is 0.319 e. The number of rotatable bonds is 6. The van der Waals surface area contributed by atoms with Crippen LogP contribution in [0.3, 0.4) is 0 Å². The van der Waals surface area contributed by atoms with Crippen molar-refractivity contribution >= 4 is 11.7 Å². The Bertz CT molecular complexity index is 730. The quantitative estimate of drug-likeness (QED) is 0.835. The second-order valence-electron chi connectivity index (χ2n) is 6.25. The Kier molecular flexibility index (Phi) is 6.46. The number of hydrogen-bond acceptors (Lipinski definition) is 4. The molecule has 0 radical (unpaired) electrons. The highest BCUT2D eigenvalue weighted by atomic mass is 16.5. The number of carbonyl (C=O) groups excluding carboxylic acids is 1. The van der Waals surface area contributed by atoms with Crippen LogP contribution in [0.1, 0.15) is 5.56 Å². The highest BCUT2D eigenvalue weighted by molar-refractivity contribution is 5.90. The summed E-state index contributed by atoms with van der Waals surface area (Å²) in [6, 6.07) is 15.0. The van der Waals surface area contributed by atoms with Gasteiger partial charge in [0.2, 0.25) is 0 Å². The fraction of sp³-hybridized carbons (Fsp3) is 0.350. The van der Waals surface area contributed by atoms with Crippen LogP contribution in [0.25, 0.3) is 0 Å². The average molecular weight is 355 g/mol. The average Bonchev–Trinajstić information content (AvgIpc) is 2.64. The minimum Gasteiger partial charge on any atom is -0.455 e. The topological polar surface area (TPSA) is 62.8 Å². The first-order valence-corrected chi connectivity index (χ1v) is 8.89. The van der Waals surface area contributed by atoms with Crippen LogP contribution in [-0.4, -0.2) is 50.3 Å². The fourth-order valence-corrected chi connectivity index (χ4v) is 2.78. The van der Waals surface area contributed by atoms with Gasteiger partial charge in [-0.15, -0.1) is 0 Å². The van der Waals surface area contributed by atoms with E-state index < -0.39 is 0 Å². The summed E-state index contributed by atoms with van der Waals surface area (Å²) >= 11 is 0. The number of carbonyl (C=O) groups is 1. The van der Waals surface area contributed by atoms with E-state index in [2.05, 4.69) is 15.5 Å². The molecule has 6 nitrogen and oxygen atoms in total. The molecule has 2 amide bonds. The molecule has 0 aliphatic carbocycles. The molecule has 1 aliphatic heterocycles. The Balaban J connectivity index is 1.53. The summed E-state index contributed by atoms with van der Waals surface area (Å²) in [6.45, 7) is 6.77. The molecule has 2 aromatic carbocycles. The summed E-state index contributed by atoms with van der Waals surface area (Å²) in [6.07, 6.45) is 0. The number of urea groups is 1. The van der Waals surface area contributed by atoms with E-state index in [1.54, 1.807) is 0 Å². The fourth-order valence-electron chi connectivity index (χ4n) is 2.78. The minimum absolute atomic E-state index is 0.237. The maximum atomic E-state index is 12.2. The lowest BCUT2D eigenvalue weighted by Crippen LogP contribution is -2.42. The van der Waals surface area contributed by atoms with E-state index in [4.69, 9.17) is 9.47 Å². The molecule has 26 heavy (non-hydrogen) atoms. The number of para-hydroxylation sites is 2. The predicted molar refractivity (Wildman–Crippen MR) is 102 cm³/mol. The third-order valence-electron chi connectivity index (χ3n) is 4.17.